The molecule has 0 unspecified atom stereocenters. The van der Waals surface area contributed by atoms with Gasteiger partial charge >= 0.3 is 0 Å². The lowest BCUT2D eigenvalue weighted by molar-refractivity contribution is -0.139. The molecule has 1 aliphatic carbocycles. The number of nitrogens with zero attached hydrogens (tertiary/aromatic N) is 3. The summed E-state index contributed by atoms with van der Waals surface area (Å²) in [6.07, 6.45) is 9.22. The van der Waals surface area contributed by atoms with Crippen molar-refractivity contribution in [1.82, 2.24) is 20.2 Å². The molecule has 0 spiro atoms. The van der Waals surface area contributed by atoms with Crippen LogP contribution in [0.1, 0.15) is 82.9 Å². The van der Waals surface area contributed by atoms with Crippen LogP contribution in [0.5, 0.6) is 11.5 Å². The Kier molecular flexibility index (Phi) is 11.4. The highest BCUT2D eigenvalue weighted by Gasteiger charge is 2.56. The molecule has 1 saturated carbocycles. The Labute approximate surface area is 331 Å². The normalized spacial score (nSPS) is 24.6. The van der Waals surface area contributed by atoms with E-state index in [1.165, 1.54) is 18.3 Å². The van der Waals surface area contributed by atoms with E-state index in [2.05, 4.69) is 35.9 Å². The minimum Gasteiger partial charge on any atom is -0.496 e. The number of rotatable bonds is 9. The molecule has 2 fully saturated rings. The summed E-state index contributed by atoms with van der Waals surface area (Å²) in [5.41, 5.74) is 3.51. The molecule has 13 heteroatoms. The molecule has 294 valence electrons. The first-order chi connectivity index (χ1) is 27.0. The van der Waals surface area contributed by atoms with Crippen LogP contribution in [0.3, 0.4) is 0 Å². The number of carbonyl (C=O) groups is 4. The average Bonchev–Trinajstić information content (AvgIpc) is 3.46. The maximum Gasteiger partial charge on any atom is 0.245 e. The molecule has 2 aromatic heterocycles. The number of ether oxygens (including phenoxy) is 2. The van der Waals surface area contributed by atoms with E-state index < -0.39 is 23.7 Å². The first-order valence-electron chi connectivity index (χ1n) is 19.5. The summed E-state index contributed by atoms with van der Waals surface area (Å²) in [6, 6.07) is 11.4. The van der Waals surface area contributed by atoms with Crippen molar-refractivity contribution in [3.8, 4) is 22.2 Å². The van der Waals surface area contributed by atoms with Crippen LogP contribution in [-0.4, -0.2) is 76.3 Å². The summed E-state index contributed by atoms with van der Waals surface area (Å²) in [5.74, 6) is 0.637. The molecule has 4 heterocycles. The van der Waals surface area contributed by atoms with E-state index in [-0.39, 0.29) is 42.5 Å². The zero-order valence-electron chi connectivity index (χ0n) is 32.6. The number of thiazole rings is 1. The lowest BCUT2D eigenvalue weighted by atomic mass is 10.0. The molecule has 2 aromatic carbocycles. The van der Waals surface area contributed by atoms with E-state index in [0.29, 0.717) is 46.9 Å². The molecule has 0 radical (unpaired) electrons. The highest BCUT2D eigenvalue weighted by atomic mass is 32.1. The monoisotopic (exact) mass is 778 g/mol. The number of nitrogens with one attached hydrogen (secondary N) is 3. The summed E-state index contributed by atoms with van der Waals surface area (Å²) in [4.78, 5) is 64.8. The fourth-order valence-corrected chi connectivity index (χ4v) is 8.73. The number of amides is 3. The van der Waals surface area contributed by atoms with Gasteiger partial charge in [0.25, 0.3) is 0 Å². The predicted molar refractivity (Wildman–Crippen MR) is 218 cm³/mol. The number of carbonyl (C=O) groups excluding carboxylic acids is 4. The van der Waals surface area contributed by atoms with Crippen LogP contribution < -0.4 is 25.4 Å². The van der Waals surface area contributed by atoms with E-state index in [0.717, 1.165) is 53.6 Å². The Morgan fingerprint density at radius 2 is 1.91 bits per heavy atom. The van der Waals surface area contributed by atoms with Gasteiger partial charge in [-0.25, -0.2) is 9.97 Å². The minimum absolute atomic E-state index is 0.0825. The maximum absolute atomic E-state index is 14.8. The molecule has 2 aliphatic heterocycles. The van der Waals surface area contributed by atoms with Crippen LogP contribution in [0, 0.1) is 12.8 Å². The number of hydrogen-bond acceptors (Lipinski definition) is 10. The number of allylic oxidation sites excluding steroid dienone is 1. The number of hydrogen-bond donors (Lipinski definition) is 3. The van der Waals surface area contributed by atoms with Crippen molar-refractivity contribution >= 4 is 57.6 Å². The van der Waals surface area contributed by atoms with Crippen LogP contribution in [-0.2, 0) is 19.2 Å². The van der Waals surface area contributed by atoms with Gasteiger partial charge in [0.2, 0.25) is 17.7 Å². The number of methoxy groups -OCH3 is 1. The van der Waals surface area contributed by atoms with Crippen molar-refractivity contribution in [2.75, 3.05) is 24.3 Å². The standard InChI is InChI=1S/C43H50N6O6S/c1-25(2)35-23-56-41(47-35)34-20-38(32-16-17-37(54-5)26(3)39(32)46-34)55-31-19-36-40(52)48-43(24-50)21-28(43)12-9-7-6-8-10-15-33(42(53)49(36)22-31)45-30-14-11-13-29(18-30)44-27(4)51/h9,11-14,16-18,20,23-25,28,31,33,36,45H,6-8,10,15,19,21-22H2,1-5H3,(H,44,51)(H,48,52)/b12-9-/t28-,31+,33-,36-,43-/m0/s1. The quantitative estimate of drug-likeness (QED) is 0.119. The Morgan fingerprint density at radius 3 is 2.66 bits per heavy atom. The van der Waals surface area contributed by atoms with Gasteiger partial charge in [0.1, 0.15) is 52.2 Å². The number of aryl methyl sites for hydroxylation is 1. The second-order valence-electron chi connectivity index (χ2n) is 15.5. The highest BCUT2D eigenvalue weighted by Crippen LogP contribution is 2.44. The van der Waals surface area contributed by atoms with Crippen molar-refractivity contribution in [2.24, 2.45) is 5.92 Å². The molecule has 3 aliphatic rings. The lowest BCUT2D eigenvalue weighted by Gasteiger charge is -2.30. The van der Waals surface area contributed by atoms with Gasteiger partial charge in [-0.05, 0) is 68.9 Å². The van der Waals surface area contributed by atoms with Crippen molar-refractivity contribution < 1.29 is 28.7 Å². The van der Waals surface area contributed by atoms with E-state index in [4.69, 9.17) is 19.4 Å². The van der Waals surface area contributed by atoms with Gasteiger partial charge < -0.3 is 35.1 Å². The Morgan fingerprint density at radius 1 is 1.09 bits per heavy atom. The summed E-state index contributed by atoms with van der Waals surface area (Å²) in [6.45, 7) is 7.77. The number of aromatic nitrogens is 2. The molecule has 56 heavy (non-hydrogen) atoms. The van der Waals surface area contributed by atoms with Gasteiger partial charge in [-0.1, -0.05) is 44.9 Å². The second kappa shape index (κ2) is 16.4. The molecular formula is C43H50N6O6S. The predicted octanol–water partition coefficient (Wildman–Crippen LogP) is 7.18. The third kappa shape index (κ3) is 8.28. The molecule has 12 nitrogen and oxygen atoms in total. The molecule has 1 saturated heterocycles. The zero-order valence-corrected chi connectivity index (χ0v) is 33.4. The first-order valence-corrected chi connectivity index (χ1v) is 20.4. The fourth-order valence-electron chi connectivity index (χ4n) is 7.79. The minimum atomic E-state index is -0.988. The topological polar surface area (TPSA) is 152 Å². The van der Waals surface area contributed by atoms with E-state index in [9.17, 15) is 19.2 Å². The largest absolute Gasteiger partial charge is 0.496 e. The Bertz CT molecular complexity index is 2170. The Hall–Kier alpha value is -5.30. The highest BCUT2D eigenvalue weighted by molar-refractivity contribution is 7.13. The zero-order chi connectivity index (χ0) is 39.6. The number of pyridine rings is 1. The Balaban J connectivity index is 1.24. The molecule has 3 N–H and O–H groups in total. The summed E-state index contributed by atoms with van der Waals surface area (Å²) >= 11 is 1.52. The number of anilines is 2. The molecule has 3 amide bonds. The van der Waals surface area contributed by atoms with Gasteiger partial charge in [-0.15, -0.1) is 11.3 Å². The van der Waals surface area contributed by atoms with Gasteiger partial charge in [-0.2, -0.15) is 0 Å². The SMILES string of the molecule is COc1ccc2c(O[C@@H]3C[C@H]4C(=O)N[C@]5(C=O)C[C@@H]5/C=C\CCCCC[C@H](Nc5cccc(NC(C)=O)c5)C(=O)N4C3)cc(-c3nc(C(C)C)cs3)nc2c1C. The maximum atomic E-state index is 14.8. The van der Waals surface area contributed by atoms with Crippen molar-refractivity contribution in [3.05, 3.63) is 71.3 Å². The number of benzene rings is 2. The number of aldehydes is 1. The van der Waals surface area contributed by atoms with Gasteiger partial charge in [-0.3, -0.25) is 14.4 Å². The molecule has 5 atom stereocenters. The molecular weight excluding hydrogens is 729 g/mol. The summed E-state index contributed by atoms with van der Waals surface area (Å²) < 4.78 is 12.5. The van der Waals surface area contributed by atoms with Crippen molar-refractivity contribution in [2.45, 2.75) is 102 Å². The summed E-state index contributed by atoms with van der Waals surface area (Å²) in [5, 5.41) is 12.9. The smallest absolute Gasteiger partial charge is 0.245 e. The second-order valence-corrected chi connectivity index (χ2v) is 16.4. The third-order valence-electron chi connectivity index (χ3n) is 11.0. The average molecular weight is 779 g/mol. The van der Waals surface area contributed by atoms with Crippen LogP contribution in [0.2, 0.25) is 0 Å². The van der Waals surface area contributed by atoms with E-state index in [1.807, 2.05) is 48.7 Å². The summed E-state index contributed by atoms with van der Waals surface area (Å²) in [7, 11) is 1.63. The van der Waals surface area contributed by atoms with Crippen LogP contribution in [0.4, 0.5) is 11.4 Å². The molecule has 0 bridgehead atoms. The van der Waals surface area contributed by atoms with Crippen LogP contribution >= 0.6 is 11.3 Å². The van der Waals surface area contributed by atoms with Crippen LogP contribution in [0.15, 0.2) is 60.0 Å². The van der Waals surface area contributed by atoms with Gasteiger partial charge in [0.15, 0.2) is 0 Å². The molecule has 4 aromatic rings. The lowest BCUT2D eigenvalue weighted by Crippen LogP contribution is -2.53. The number of fused-ring (bicyclic) bond motifs is 3. The van der Waals surface area contributed by atoms with Crippen molar-refractivity contribution in [1.29, 1.82) is 0 Å². The van der Waals surface area contributed by atoms with Crippen LogP contribution in [0.25, 0.3) is 21.6 Å². The van der Waals surface area contributed by atoms with Gasteiger partial charge in [0.05, 0.1) is 24.9 Å². The van der Waals surface area contributed by atoms with Gasteiger partial charge in [0, 0.05) is 53.0 Å². The third-order valence-corrected chi connectivity index (χ3v) is 11.9. The molecule has 7 rings (SSSR count). The van der Waals surface area contributed by atoms with E-state index >= 15 is 0 Å². The first kappa shape index (κ1) is 39.0. The fraction of sp³-hybridized carbons (Fsp3) is 0.442. The van der Waals surface area contributed by atoms with E-state index in [1.54, 1.807) is 24.1 Å². The van der Waals surface area contributed by atoms with Crippen molar-refractivity contribution in [3.63, 3.8) is 0 Å².